The zero-order valence-corrected chi connectivity index (χ0v) is 12.4. The molecule has 1 aromatic heterocycles. The van der Waals surface area contributed by atoms with Crippen LogP contribution in [-0.4, -0.2) is 60.2 Å². The molecule has 2 saturated heterocycles. The highest BCUT2D eigenvalue weighted by molar-refractivity contribution is 5.82. The number of amides is 1. The van der Waals surface area contributed by atoms with Crippen molar-refractivity contribution in [2.24, 2.45) is 0 Å². The number of hydrogen-bond acceptors (Lipinski definition) is 5. The van der Waals surface area contributed by atoms with E-state index in [4.69, 9.17) is 0 Å². The maximum atomic E-state index is 12.6. The molecule has 0 spiro atoms. The standard InChI is InChI=1S/C14H18F3N5O/c15-14(16,17)12-9-11(19-20-12)13(23)22-7-5-21(6-8-22)10-1-3-18-4-2-10/h1-4,11-12,19-20H,5-9H2. The molecule has 2 N–H and O–H groups in total. The number of hydrazine groups is 1. The van der Waals surface area contributed by atoms with Crippen LogP contribution >= 0.6 is 0 Å². The molecule has 2 atom stereocenters. The summed E-state index contributed by atoms with van der Waals surface area (Å²) in [6, 6.07) is 1.30. The van der Waals surface area contributed by atoms with Gasteiger partial charge in [0.2, 0.25) is 5.91 Å². The molecule has 23 heavy (non-hydrogen) atoms. The van der Waals surface area contributed by atoms with Gasteiger partial charge in [-0.05, 0) is 18.6 Å². The van der Waals surface area contributed by atoms with E-state index in [1.165, 1.54) is 0 Å². The molecular weight excluding hydrogens is 311 g/mol. The predicted molar refractivity (Wildman–Crippen MR) is 77.5 cm³/mol. The Morgan fingerprint density at radius 3 is 2.35 bits per heavy atom. The van der Waals surface area contributed by atoms with Crippen molar-refractivity contribution >= 4 is 11.6 Å². The summed E-state index contributed by atoms with van der Waals surface area (Å²) in [7, 11) is 0. The maximum absolute atomic E-state index is 12.6. The summed E-state index contributed by atoms with van der Waals surface area (Å²) in [5.74, 6) is -0.279. The number of aromatic nitrogens is 1. The molecule has 3 heterocycles. The third-order valence-electron chi connectivity index (χ3n) is 4.22. The van der Waals surface area contributed by atoms with E-state index >= 15 is 0 Å². The van der Waals surface area contributed by atoms with Gasteiger partial charge < -0.3 is 9.80 Å². The highest BCUT2D eigenvalue weighted by atomic mass is 19.4. The van der Waals surface area contributed by atoms with Gasteiger partial charge in [-0.3, -0.25) is 9.78 Å². The van der Waals surface area contributed by atoms with Crippen LogP contribution in [0.25, 0.3) is 0 Å². The third-order valence-corrected chi connectivity index (χ3v) is 4.22. The van der Waals surface area contributed by atoms with E-state index in [9.17, 15) is 18.0 Å². The largest absolute Gasteiger partial charge is 0.405 e. The summed E-state index contributed by atoms with van der Waals surface area (Å²) in [6.07, 6.45) is -1.20. The lowest BCUT2D eigenvalue weighted by molar-refractivity contribution is -0.153. The molecule has 9 heteroatoms. The van der Waals surface area contributed by atoms with Crippen LogP contribution in [0, 0.1) is 0 Å². The summed E-state index contributed by atoms with van der Waals surface area (Å²) in [6.45, 7) is 2.29. The van der Waals surface area contributed by atoms with Gasteiger partial charge in [0.05, 0.1) is 0 Å². The Morgan fingerprint density at radius 2 is 1.78 bits per heavy atom. The van der Waals surface area contributed by atoms with E-state index in [1.807, 2.05) is 12.1 Å². The Labute approximate surface area is 131 Å². The SMILES string of the molecule is O=C(C1CC(C(F)(F)F)NN1)N1CCN(c2ccncc2)CC1. The molecule has 3 rings (SSSR count). The van der Waals surface area contributed by atoms with Crippen molar-refractivity contribution in [1.82, 2.24) is 20.7 Å². The second-order valence-electron chi connectivity index (χ2n) is 5.69. The monoisotopic (exact) mass is 329 g/mol. The molecule has 2 aliphatic rings. The zero-order chi connectivity index (χ0) is 16.4. The van der Waals surface area contributed by atoms with E-state index in [1.54, 1.807) is 17.3 Å². The number of alkyl halides is 3. The van der Waals surface area contributed by atoms with Gasteiger partial charge in [-0.2, -0.15) is 13.2 Å². The number of carbonyl (C=O) groups is 1. The summed E-state index contributed by atoms with van der Waals surface area (Å²) >= 11 is 0. The van der Waals surface area contributed by atoms with Crippen LogP contribution < -0.4 is 15.8 Å². The summed E-state index contributed by atoms with van der Waals surface area (Å²) < 4.78 is 37.9. The van der Waals surface area contributed by atoms with Gasteiger partial charge in [0, 0.05) is 44.3 Å². The van der Waals surface area contributed by atoms with Gasteiger partial charge in [0.15, 0.2) is 0 Å². The Balaban J connectivity index is 1.53. The van der Waals surface area contributed by atoms with Crippen molar-refractivity contribution in [1.29, 1.82) is 0 Å². The van der Waals surface area contributed by atoms with Gasteiger partial charge in [-0.25, -0.2) is 10.9 Å². The number of carbonyl (C=O) groups excluding carboxylic acids is 1. The average molecular weight is 329 g/mol. The van der Waals surface area contributed by atoms with Crippen LogP contribution in [0.5, 0.6) is 0 Å². The molecule has 0 saturated carbocycles. The number of anilines is 1. The lowest BCUT2D eigenvalue weighted by Gasteiger charge is -2.37. The minimum Gasteiger partial charge on any atom is -0.368 e. The second-order valence-corrected chi connectivity index (χ2v) is 5.69. The van der Waals surface area contributed by atoms with E-state index in [0.717, 1.165) is 5.69 Å². The molecule has 2 unspecified atom stereocenters. The first-order valence-corrected chi connectivity index (χ1v) is 7.46. The van der Waals surface area contributed by atoms with Crippen LogP contribution in [0.15, 0.2) is 24.5 Å². The van der Waals surface area contributed by atoms with Crippen LogP contribution in [0.1, 0.15) is 6.42 Å². The normalized spacial score (nSPS) is 25.7. The maximum Gasteiger partial charge on any atom is 0.405 e. The number of pyridine rings is 1. The molecule has 1 aromatic rings. The van der Waals surface area contributed by atoms with Crippen LogP contribution in [0.2, 0.25) is 0 Å². The number of rotatable bonds is 2. The summed E-state index contributed by atoms with van der Waals surface area (Å²) in [5, 5.41) is 0. The molecule has 0 radical (unpaired) electrons. The topological polar surface area (TPSA) is 60.5 Å². The third kappa shape index (κ3) is 3.56. The molecule has 2 aliphatic heterocycles. The predicted octanol–water partition coefficient (Wildman–Crippen LogP) is 0.528. The van der Waals surface area contributed by atoms with Crippen LogP contribution in [0.3, 0.4) is 0 Å². The Hall–Kier alpha value is -1.87. The highest BCUT2D eigenvalue weighted by Crippen LogP contribution is 2.26. The quantitative estimate of drug-likeness (QED) is 0.829. The van der Waals surface area contributed by atoms with Crippen molar-refractivity contribution < 1.29 is 18.0 Å². The summed E-state index contributed by atoms with van der Waals surface area (Å²) in [4.78, 5) is 20.1. The van der Waals surface area contributed by atoms with Gasteiger partial charge in [0.1, 0.15) is 12.1 Å². The van der Waals surface area contributed by atoms with Crippen LogP contribution in [0.4, 0.5) is 18.9 Å². The van der Waals surface area contributed by atoms with Crippen molar-refractivity contribution in [3.05, 3.63) is 24.5 Å². The Bertz CT molecular complexity index is 545. The van der Waals surface area contributed by atoms with E-state index in [-0.39, 0.29) is 12.3 Å². The minimum absolute atomic E-state index is 0.271. The van der Waals surface area contributed by atoms with E-state index < -0.39 is 18.3 Å². The number of halogens is 3. The lowest BCUT2D eigenvalue weighted by Crippen LogP contribution is -2.53. The second kappa shape index (κ2) is 6.32. The average Bonchev–Trinajstić information content (AvgIpc) is 3.05. The van der Waals surface area contributed by atoms with E-state index in [2.05, 4.69) is 20.7 Å². The smallest absolute Gasteiger partial charge is 0.368 e. The molecule has 2 fully saturated rings. The fraction of sp³-hybridized carbons (Fsp3) is 0.571. The van der Waals surface area contributed by atoms with Crippen molar-refractivity contribution in [2.45, 2.75) is 24.7 Å². The molecular formula is C14H18F3N5O. The summed E-state index contributed by atoms with van der Waals surface area (Å²) in [5.41, 5.74) is 5.66. The number of hydrogen-bond donors (Lipinski definition) is 2. The van der Waals surface area contributed by atoms with E-state index in [0.29, 0.717) is 26.2 Å². The molecule has 0 aliphatic carbocycles. The number of piperazine rings is 1. The Morgan fingerprint density at radius 1 is 1.13 bits per heavy atom. The van der Waals surface area contributed by atoms with Crippen LogP contribution in [-0.2, 0) is 4.79 Å². The zero-order valence-electron chi connectivity index (χ0n) is 12.4. The number of nitrogens with zero attached hydrogens (tertiary/aromatic N) is 3. The molecule has 0 aromatic carbocycles. The van der Waals surface area contributed by atoms with Crippen molar-refractivity contribution in [2.75, 3.05) is 31.1 Å². The van der Waals surface area contributed by atoms with Crippen molar-refractivity contribution in [3.8, 4) is 0 Å². The molecule has 126 valence electrons. The lowest BCUT2D eigenvalue weighted by atomic mass is 10.1. The Kier molecular flexibility index (Phi) is 4.40. The fourth-order valence-electron chi connectivity index (χ4n) is 2.89. The minimum atomic E-state index is -4.35. The van der Waals surface area contributed by atoms with Crippen molar-refractivity contribution in [3.63, 3.8) is 0 Å². The first kappa shape index (κ1) is 16.0. The fourth-order valence-corrected chi connectivity index (χ4v) is 2.89. The molecule has 0 bridgehead atoms. The first-order valence-electron chi connectivity index (χ1n) is 7.46. The highest BCUT2D eigenvalue weighted by Gasteiger charge is 2.46. The van der Waals surface area contributed by atoms with Gasteiger partial charge in [0.25, 0.3) is 0 Å². The van der Waals surface area contributed by atoms with Gasteiger partial charge in [-0.1, -0.05) is 0 Å². The van der Waals surface area contributed by atoms with Gasteiger partial charge in [-0.15, -0.1) is 0 Å². The first-order chi connectivity index (χ1) is 10.9. The molecule has 1 amide bonds. The van der Waals surface area contributed by atoms with Gasteiger partial charge >= 0.3 is 6.18 Å². The molecule has 6 nitrogen and oxygen atoms in total. The number of nitrogens with one attached hydrogen (secondary N) is 2.